The zero-order chi connectivity index (χ0) is 83.5. The van der Waals surface area contributed by atoms with E-state index in [1.165, 1.54) is 59.5 Å². The number of alkyl carbamates (subject to hydrolysis) is 1. The van der Waals surface area contributed by atoms with Crippen LogP contribution < -0.4 is 21.3 Å². The number of hydrogen-bond acceptors (Lipinski definition) is 20. The second-order valence-electron chi connectivity index (χ2n) is 26.1. The number of carbonyl (C=O) groups is 8. The fourth-order valence-corrected chi connectivity index (χ4v) is 11.1. The molecule has 0 unspecified atom stereocenters. The van der Waals surface area contributed by atoms with E-state index in [1.54, 1.807) is 32.9 Å². The molecule has 0 aliphatic carbocycles. The Morgan fingerprint density at radius 3 is 1.15 bits per heavy atom. The maximum atomic E-state index is 11.8. The van der Waals surface area contributed by atoms with Crippen LogP contribution in [-0.2, 0) is 70.0 Å². The summed E-state index contributed by atoms with van der Waals surface area (Å²) < 4.78 is 29.6. The average molecular weight is 1540 g/mol. The van der Waals surface area contributed by atoms with Crippen molar-refractivity contribution in [3.8, 4) is 28.7 Å². The maximum Gasteiger partial charge on any atom is 0.407 e. The summed E-state index contributed by atoms with van der Waals surface area (Å²) in [6.07, 6.45) is 4.96. The Balaban J connectivity index is 0.000000689. The van der Waals surface area contributed by atoms with Crippen molar-refractivity contribution in [2.75, 3.05) is 70.3 Å². The molecule has 6 aromatic carbocycles. The first-order valence-electron chi connectivity index (χ1n) is 35.6. The summed E-state index contributed by atoms with van der Waals surface area (Å²) in [6, 6.07) is 22.6. The van der Waals surface area contributed by atoms with Crippen molar-refractivity contribution < 1.29 is 92.3 Å². The van der Waals surface area contributed by atoms with Gasteiger partial charge in [0, 0.05) is 39.5 Å². The molecule has 9 N–H and O–H groups in total. The highest BCUT2D eigenvalue weighted by Crippen LogP contribution is 2.30. The molecule has 0 bridgehead atoms. The third-order valence-electron chi connectivity index (χ3n) is 15.6. The van der Waals surface area contributed by atoms with Gasteiger partial charge in [-0.2, -0.15) is 0 Å². The lowest BCUT2D eigenvalue weighted by Crippen LogP contribution is -2.39. The van der Waals surface area contributed by atoms with E-state index in [2.05, 4.69) is 87.1 Å². The number of phenols is 5. The third-order valence-corrected chi connectivity index (χ3v) is 16.6. The molecular formula is C86H114N4O19S. The molecule has 24 heteroatoms. The molecule has 0 saturated heterocycles. The van der Waals surface area contributed by atoms with Crippen molar-refractivity contribution in [3.63, 3.8) is 0 Å². The highest BCUT2D eigenvalue weighted by molar-refractivity contribution is 7.99. The van der Waals surface area contributed by atoms with Crippen LogP contribution in [0.3, 0.4) is 0 Å². The zero-order valence-corrected chi connectivity index (χ0v) is 67.9. The van der Waals surface area contributed by atoms with Crippen LogP contribution in [0, 0.1) is 96.9 Å². The number of nitrogens with one attached hydrogen (secondary N) is 4. The van der Waals surface area contributed by atoms with Crippen molar-refractivity contribution in [2.24, 2.45) is 0 Å². The quantitative estimate of drug-likeness (QED) is 0.00526. The molecule has 6 aromatic rings. The molecule has 0 saturated carbocycles. The number of esters is 5. The van der Waals surface area contributed by atoms with Crippen molar-refractivity contribution >= 4 is 71.4 Å². The number of carbonyl (C=O) groups excluding carboxylic acids is 8. The smallest absolute Gasteiger partial charge is 0.407 e. The van der Waals surface area contributed by atoms with E-state index in [-0.39, 0.29) is 112 Å². The van der Waals surface area contributed by atoms with E-state index in [0.717, 1.165) is 84.5 Å². The van der Waals surface area contributed by atoms with Gasteiger partial charge in [0.2, 0.25) is 5.91 Å². The number of aromatic hydroxyl groups is 5. The Morgan fingerprint density at radius 1 is 0.400 bits per heavy atom. The van der Waals surface area contributed by atoms with E-state index in [1.807, 2.05) is 117 Å². The van der Waals surface area contributed by atoms with E-state index in [0.29, 0.717) is 47.1 Å². The molecule has 0 aliphatic rings. The fraction of sp³-hybridized carbons (Fsp3) is 0.372. The summed E-state index contributed by atoms with van der Waals surface area (Å²) in [4.78, 5) is 91.8. The Hall–Kier alpha value is -11.3. The van der Waals surface area contributed by atoms with Gasteiger partial charge in [0.05, 0.1) is 32.7 Å². The topological polar surface area (TPSA) is 341 Å². The highest BCUT2D eigenvalue weighted by atomic mass is 32.2. The van der Waals surface area contributed by atoms with E-state index >= 15 is 0 Å². The zero-order valence-electron chi connectivity index (χ0n) is 67.1. The van der Waals surface area contributed by atoms with Gasteiger partial charge in [-0.1, -0.05) is 98.6 Å². The lowest BCUT2D eigenvalue weighted by molar-refractivity contribution is -0.144. The van der Waals surface area contributed by atoms with Crippen molar-refractivity contribution in [1.29, 1.82) is 0 Å². The van der Waals surface area contributed by atoms with Crippen molar-refractivity contribution in [1.82, 2.24) is 16.0 Å². The number of benzene rings is 6. The Labute approximate surface area is 653 Å². The van der Waals surface area contributed by atoms with Crippen molar-refractivity contribution in [2.45, 2.75) is 155 Å². The van der Waals surface area contributed by atoms with Gasteiger partial charge in [-0.05, 0) is 251 Å². The second kappa shape index (κ2) is 51.1. The summed E-state index contributed by atoms with van der Waals surface area (Å²) in [5.41, 5.74) is 18.5. The minimum absolute atomic E-state index is 0.00747. The van der Waals surface area contributed by atoms with Crippen LogP contribution in [0.15, 0.2) is 133 Å². The number of anilines is 1. The normalized spacial score (nSPS) is 10.0. The van der Waals surface area contributed by atoms with Gasteiger partial charge >= 0.3 is 42.0 Å². The molecule has 598 valence electrons. The number of thioether (sulfide) groups is 1. The fourth-order valence-electron chi connectivity index (χ4n) is 10.1. The molecule has 0 aromatic heterocycles. The number of rotatable bonds is 29. The first-order valence-corrected chi connectivity index (χ1v) is 36.5. The molecule has 6 rings (SSSR count). The summed E-state index contributed by atoms with van der Waals surface area (Å²) in [5, 5.41) is 58.1. The number of urea groups is 1. The molecule has 4 amide bonds. The van der Waals surface area contributed by atoms with Crippen molar-refractivity contribution in [3.05, 3.63) is 223 Å². The molecule has 0 atom stereocenters. The summed E-state index contributed by atoms with van der Waals surface area (Å²) >= 11 is 1.50. The second-order valence-corrected chi connectivity index (χ2v) is 27.3. The summed E-state index contributed by atoms with van der Waals surface area (Å²) in [7, 11) is 0. The van der Waals surface area contributed by atoms with Gasteiger partial charge < -0.3 is 75.2 Å². The molecule has 23 nitrogen and oxygen atoms in total. The standard InChI is InChI=1S/C20H28N2O6.C20H27NO7S.C15H20O3.C11H13NO2.C11H14.C9H12O/c1-13(2)19(25)28-10-8-22-20(26)21-7-9-27-17(23)6-5-16-11-14(3)18(24)15(4)12-16;1-13(2)19(24)27-7-6-21-20(25)28-9-8-26-17(22)5-10-29-16-11-14(3)18(23)15(4)12-16;1-10(2)15(17)18-7-5-6-13-8-11(3)14(16)12(4)9-13;1-4-10(13)12-9-5-7(2)11(14)8(3)6-9;1-5-11-9(3)6-8(2)7-10(11)4;1-6-4-7(2)9(10)8(3)5-6/h11-12,24H,1,5-10H2,2-4H3,(H2,21,22,26);11-12,23H,1,5-10H2,2-4H3,(H,21,25);8-9,16H,1,5-7H2,2-4H3;4-6,14H,1H2,2-3H3,(H,12,13);5-7H,1H2,2-4H3;4-5,10H,1-3H3. The predicted molar refractivity (Wildman–Crippen MR) is 434 cm³/mol. The molecule has 0 aliphatic heterocycles. The SMILES string of the molecule is C=C(C)C(=O)OCCCc1cc(C)c(O)c(C)c1.C=C(C)C(=O)OCCNC(=O)NCCOC(=O)CCc1cc(C)c(O)c(C)c1.C=C(C)C(=O)OCCNC(=O)OCCOC(=O)CCSc1cc(C)c(O)c(C)c1.C=CC(=O)Nc1cc(C)c(O)c(C)c1.C=Cc1c(C)cc(C)cc1C.Cc1cc(C)c(O)c(C)c1. The number of hydrogen-bond donors (Lipinski definition) is 9. The average Bonchev–Trinajstić information content (AvgIpc) is 0.908. The highest BCUT2D eigenvalue weighted by Gasteiger charge is 2.13. The molecule has 0 spiro atoms. The van der Waals surface area contributed by atoms with E-state index < -0.39 is 24.1 Å². The minimum atomic E-state index is -0.693. The lowest BCUT2D eigenvalue weighted by Gasteiger charge is -2.10. The van der Waals surface area contributed by atoms with Gasteiger partial charge in [-0.15, -0.1) is 11.8 Å². The molecular weight excluding hydrogens is 1430 g/mol. The Kier molecular flexibility index (Phi) is 45.0. The van der Waals surface area contributed by atoms with Crippen LogP contribution >= 0.6 is 11.8 Å². The van der Waals surface area contributed by atoms with E-state index in [4.69, 9.17) is 28.4 Å². The van der Waals surface area contributed by atoms with Gasteiger partial charge in [0.15, 0.2) is 0 Å². The lowest BCUT2D eigenvalue weighted by atomic mass is 10.0. The number of phenolic OH excluding ortho intramolecular Hbond substituents is 5. The molecule has 110 heavy (non-hydrogen) atoms. The molecule has 0 heterocycles. The number of ether oxygens (including phenoxy) is 6. The van der Waals surface area contributed by atoms with Gasteiger partial charge in [-0.3, -0.25) is 14.4 Å². The predicted octanol–water partition coefficient (Wildman–Crippen LogP) is 15.6. The van der Waals surface area contributed by atoms with Crippen LogP contribution in [0.5, 0.6) is 28.7 Å². The van der Waals surface area contributed by atoms with E-state index in [9.17, 15) is 63.9 Å². The molecule has 0 fully saturated rings. The first-order chi connectivity index (χ1) is 51.6. The van der Waals surface area contributed by atoms with Crippen LogP contribution in [0.2, 0.25) is 0 Å². The first kappa shape index (κ1) is 96.7. The van der Waals surface area contributed by atoms with Gasteiger partial charge in [0.25, 0.3) is 0 Å². The Bertz CT molecular complexity index is 4060. The minimum Gasteiger partial charge on any atom is -0.507 e. The Morgan fingerprint density at radius 2 is 0.736 bits per heavy atom. The van der Waals surface area contributed by atoms with Gasteiger partial charge in [0.1, 0.15) is 61.8 Å². The maximum absolute atomic E-state index is 11.8. The van der Waals surface area contributed by atoms with Gasteiger partial charge in [-0.25, -0.2) is 24.0 Å². The number of aryl methyl sites for hydroxylation is 16. The van der Waals surface area contributed by atoms with Crippen LogP contribution in [0.4, 0.5) is 15.3 Å². The molecule has 0 radical (unpaired) electrons. The van der Waals surface area contributed by atoms with Crippen LogP contribution in [0.1, 0.15) is 135 Å². The largest absolute Gasteiger partial charge is 0.507 e. The summed E-state index contributed by atoms with van der Waals surface area (Å²) in [6.45, 7) is 49.9. The van der Waals surface area contributed by atoms with Crippen LogP contribution in [0.25, 0.3) is 6.08 Å². The summed E-state index contributed by atoms with van der Waals surface area (Å²) in [5.74, 6) is -0.254. The third kappa shape index (κ3) is 39.0. The number of amides is 4. The van der Waals surface area contributed by atoms with Crippen LogP contribution in [-0.4, -0.2) is 138 Å². The monoisotopic (exact) mass is 1540 g/mol.